The number of ketones is 1. The van der Waals surface area contributed by atoms with Crippen LogP contribution in [0.15, 0.2) is 23.2 Å². The monoisotopic (exact) mass is 221 g/mol. The number of carbonyl (C=O) groups excluding carboxylic acids is 1. The summed E-state index contributed by atoms with van der Waals surface area (Å²) in [6.07, 6.45) is 1.42. The van der Waals surface area contributed by atoms with Gasteiger partial charge in [-0.1, -0.05) is 0 Å². The van der Waals surface area contributed by atoms with E-state index < -0.39 is 0 Å². The molecule has 15 heavy (non-hydrogen) atoms. The predicted molar refractivity (Wildman–Crippen MR) is 58.2 cm³/mol. The van der Waals surface area contributed by atoms with E-state index in [0.29, 0.717) is 11.4 Å². The fourth-order valence-electron chi connectivity index (χ4n) is 1.31. The van der Waals surface area contributed by atoms with Crippen molar-refractivity contribution in [2.24, 2.45) is 0 Å². The first kappa shape index (κ1) is 10.0. The van der Waals surface area contributed by atoms with E-state index in [1.807, 2.05) is 24.6 Å². The van der Waals surface area contributed by atoms with Gasteiger partial charge < -0.3 is 0 Å². The van der Waals surface area contributed by atoms with Crippen molar-refractivity contribution in [2.75, 3.05) is 0 Å². The Morgan fingerprint density at radius 2 is 2.33 bits per heavy atom. The van der Waals surface area contributed by atoms with Crippen LogP contribution in [0.4, 0.5) is 0 Å². The van der Waals surface area contributed by atoms with E-state index in [1.54, 1.807) is 10.7 Å². The van der Waals surface area contributed by atoms with Gasteiger partial charge in [-0.3, -0.25) is 4.79 Å². The van der Waals surface area contributed by atoms with Crippen LogP contribution >= 0.6 is 11.3 Å². The quantitative estimate of drug-likeness (QED) is 0.746. The van der Waals surface area contributed by atoms with Crippen LogP contribution in [0, 0.1) is 0 Å². The number of hydrogen-bond donors (Lipinski definition) is 0. The van der Waals surface area contributed by atoms with Gasteiger partial charge in [-0.2, -0.15) is 16.4 Å². The van der Waals surface area contributed by atoms with E-state index in [9.17, 15) is 4.79 Å². The molecular formula is C10H11N3OS. The van der Waals surface area contributed by atoms with Crippen molar-refractivity contribution in [3.8, 4) is 0 Å². The van der Waals surface area contributed by atoms with Crippen LogP contribution in [-0.2, 0) is 0 Å². The van der Waals surface area contributed by atoms with Gasteiger partial charge in [-0.25, -0.2) is 9.67 Å². The van der Waals surface area contributed by atoms with Crippen LogP contribution in [0.1, 0.15) is 36.1 Å². The van der Waals surface area contributed by atoms with Crippen LogP contribution in [0.5, 0.6) is 0 Å². The van der Waals surface area contributed by atoms with Crippen LogP contribution < -0.4 is 0 Å². The number of carbonyl (C=O) groups is 1. The summed E-state index contributed by atoms with van der Waals surface area (Å²) in [5.41, 5.74) is 0.676. The molecule has 0 radical (unpaired) electrons. The Morgan fingerprint density at radius 3 is 2.93 bits per heavy atom. The third-order valence-corrected chi connectivity index (χ3v) is 2.73. The van der Waals surface area contributed by atoms with E-state index >= 15 is 0 Å². The normalized spacial score (nSPS) is 10.9. The molecule has 2 aromatic rings. The van der Waals surface area contributed by atoms with Gasteiger partial charge in [0.05, 0.1) is 0 Å². The van der Waals surface area contributed by atoms with Crippen molar-refractivity contribution in [3.63, 3.8) is 0 Å². The van der Waals surface area contributed by atoms with E-state index in [0.717, 1.165) is 0 Å². The van der Waals surface area contributed by atoms with Crippen LogP contribution in [0.3, 0.4) is 0 Å². The molecule has 2 aromatic heterocycles. The number of hydrogen-bond acceptors (Lipinski definition) is 4. The first-order chi connectivity index (χ1) is 7.20. The number of nitrogens with zero attached hydrogens (tertiary/aromatic N) is 3. The molecule has 0 aliphatic carbocycles. The van der Waals surface area contributed by atoms with Gasteiger partial charge in [-0.05, 0) is 25.3 Å². The van der Waals surface area contributed by atoms with Gasteiger partial charge in [0.15, 0.2) is 5.82 Å². The number of aromatic nitrogens is 3. The summed E-state index contributed by atoms with van der Waals surface area (Å²) in [4.78, 5) is 16.0. The highest BCUT2D eigenvalue weighted by molar-refractivity contribution is 7.08. The van der Waals surface area contributed by atoms with Crippen molar-refractivity contribution >= 4 is 17.1 Å². The first-order valence-electron chi connectivity index (χ1n) is 4.66. The van der Waals surface area contributed by atoms with Crippen molar-refractivity contribution in [3.05, 3.63) is 34.5 Å². The molecule has 78 valence electrons. The fourth-order valence-corrected chi connectivity index (χ4v) is 1.95. The minimum Gasteiger partial charge on any atom is -0.285 e. The van der Waals surface area contributed by atoms with Gasteiger partial charge in [0.25, 0.3) is 0 Å². The van der Waals surface area contributed by atoms with E-state index in [4.69, 9.17) is 0 Å². The maximum atomic E-state index is 12.0. The van der Waals surface area contributed by atoms with Crippen LogP contribution in [0.25, 0.3) is 0 Å². The molecule has 0 amide bonds. The smallest absolute Gasteiger partial charge is 0.230 e. The maximum Gasteiger partial charge on any atom is 0.230 e. The average Bonchev–Trinajstić information content (AvgIpc) is 2.88. The topological polar surface area (TPSA) is 47.8 Å². The second-order valence-electron chi connectivity index (χ2n) is 3.46. The van der Waals surface area contributed by atoms with Gasteiger partial charge in [0.1, 0.15) is 6.33 Å². The second kappa shape index (κ2) is 3.94. The SMILES string of the molecule is CC(C)n1ncnc1C(=O)c1ccsc1. The molecule has 0 aliphatic heterocycles. The maximum absolute atomic E-state index is 12.0. The summed E-state index contributed by atoms with van der Waals surface area (Å²) >= 11 is 1.50. The standard InChI is InChI=1S/C10H11N3OS/c1-7(2)13-10(11-6-12-13)9(14)8-3-4-15-5-8/h3-7H,1-2H3. The molecule has 0 atom stereocenters. The molecule has 0 aliphatic rings. The Bertz CT molecular complexity index is 459. The Hall–Kier alpha value is -1.49. The zero-order chi connectivity index (χ0) is 10.8. The highest BCUT2D eigenvalue weighted by Crippen LogP contribution is 2.13. The molecule has 2 heterocycles. The summed E-state index contributed by atoms with van der Waals surface area (Å²) < 4.78 is 1.64. The van der Waals surface area contributed by atoms with Crippen molar-refractivity contribution < 1.29 is 4.79 Å². The Kier molecular flexibility index (Phi) is 2.64. The molecule has 0 N–H and O–H groups in total. The van der Waals surface area contributed by atoms with Crippen molar-refractivity contribution in [2.45, 2.75) is 19.9 Å². The van der Waals surface area contributed by atoms with E-state index in [2.05, 4.69) is 10.1 Å². The summed E-state index contributed by atoms with van der Waals surface area (Å²) in [5, 5.41) is 7.73. The lowest BCUT2D eigenvalue weighted by Gasteiger charge is -2.07. The molecule has 0 aromatic carbocycles. The zero-order valence-electron chi connectivity index (χ0n) is 8.54. The largest absolute Gasteiger partial charge is 0.285 e. The fraction of sp³-hybridized carbons (Fsp3) is 0.300. The second-order valence-corrected chi connectivity index (χ2v) is 4.24. The first-order valence-corrected chi connectivity index (χ1v) is 5.61. The highest BCUT2D eigenvalue weighted by Gasteiger charge is 2.17. The minimum atomic E-state index is -0.0672. The molecule has 0 saturated heterocycles. The third-order valence-electron chi connectivity index (χ3n) is 2.05. The molecule has 0 fully saturated rings. The molecular weight excluding hydrogens is 210 g/mol. The van der Waals surface area contributed by atoms with Crippen molar-refractivity contribution in [1.82, 2.24) is 14.8 Å². The molecule has 4 nitrogen and oxygen atoms in total. The molecule has 0 spiro atoms. The Morgan fingerprint density at radius 1 is 1.53 bits per heavy atom. The minimum absolute atomic E-state index is 0.0672. The lowest BCUT2D eigenvalue weighted by Crippen LogP contribution is -2.14. The Labute approximate surface area is 91.6 Å². The van der Waals surface area contributed by atoms with Crippen LogP contribution in [-0.4, -0.2) is 20.5 Å². The van der Waals surface area contributed by atoms with Crippen LogP contribution in [0.2, 0.25) is 0 Å². The van der Waals surface area contributed by atoms with Gasteiger partial charge in [0, 0.05) is 17.0 Å². The molecule has 0 unspecified atom stereocenters. The Balaban J connectivity index is 2.38. The number of rotatable bonds is 3. The van der Waals surface area contributed by atoms with Gasteiger partial charge in [-0.15, -0.1) is 0 Å². The molecule has 5 heteroatoms. The summed E-state index contributed by atoms with van der Waals surface area (Å²) in [6, 6.07) is 1.94. The number of thiophene rings is 1. The average molecular weight is 221 g/mol. The predicted octanol–water partition coefficient (Wildman–Crippen LogP) is 2.15. The molecule has 0 saturated carbocycles. The lowest BCUT2D eigenvalue weighted by atomic mass is 10.2. The summed E-state index contributed by atoms with van der Waals surface area (Å²) in [6.45, 7) is 3.94. The summed E-state index contributed by atoms with van der Waals surface area (Å²) in [7, 11) is 0. The highest BCUT2D eigenvalue weighted by atomic mass is 32.1. The van der Waals surface area contributed by atoms with E-state index in [-0.39, 0.29) is 11.8 Å². The van der Waals surface area contributed by atoms with Gasteiger partial charge >= 0.3 is 0 Å². The van der Waals surface area contributed by atoms with Gasteiger partial charge in [0.2, 0.25) is 5.78 Å². The summed E-state index contributed by atoms with van der Waals surface area (Å²) in [5.74, 6) is 0.339. The molecule has 2 rings (SSSR count). The molecule has 0 bridgehead atoms. The third kappa shape index (κ3) is 1.83. The zero-order valence-corrected chi connectivity index (χ0v) is 9.36. The van der Waals surface area contributed by atoms with E-state index in [1.165, 1.54) is 17.7 Å². The lowest BCUT2D eigenvalue weighted by molar-refractivity contribution is 0.102. The van der Waals surface area contributed by atoms with Crippen molar-refractivity contribution in [1.29, 1.82) is 0 Å².